The van der Waals surface area contributed by atoms with Crippen LogP contribution in [0.4, 0.5) is 0 Å². The zero-order chi connectivity index (χ0) is 15.0. The monoisotopic (exact) mass is 317 g/mol. The third kappa shape index (κ3) is 3.08. The van der Waals surface area contributed by atoms with Crippen LogP contribution in [0, 0.1) is 5.92 Å². The normalized spacial score (nSPS) is 37.5. The van der Waals surface area contributed by atoms with Crippen molar-refractivity contribution >= 4 is 16.2 Å². The van der Waals surface area contributed by atoms with Crippen LogP contribution in [0.5, 0.6) is 0 Å². The van der Waals surface area contributed by atoms with Gasteiger partial charge in [-0.3, -0.25) is 4.79 Å². The van der Waals surface area contributed by atoms with Gasteiger partial charge in [-0.1, -0.05) is 0 Å². The second-order valence-electron chi connectivity index (χ2n) is 6.33. The molecule has 0 aromatic carbocycles. The van der Waals surface area contributed by atoms with Crippen LogP contribution in [0.15, 0.2) is 0 Å². The first-order chi connectivity index (χ1) is 9.97. The molecule has 2 atom stereocenters. The van der Waals surface area contributed by atoms with Crippen molar-refractivity contribution in [2.75, 3.05) is 26.2 Å². The van der Waals surface area contributed by atoms with Gasteiger partial charge in [0.1, 0.15) is 6.04 Å². The number of fused-ring (bicyclic) bond motifs is 3. The molecule has 0 spiro atoms. The average Bonchev–Trinajstić information content (AvgIpc) is 2.48. The predicted octanol–water partition coefficient (Wildman–Crippen LogP) is -0.146. The lowest BCUT2D eigenvalue weighted by Gasteiger charge is -2.45. The third-order valence-corrected chi connectivity index (χ3v) is 6.66. The van der Waals surface area contributed by atoms with Crippen molar-refractivity contribution in [3.05, 3.63) is 0 Å². The van der Waals surface area contributed by atoms with Gasteiger partial charge in [0.2, 0.25) is 0 Å². The summed E-state index contributed by atoms with van der Waals surface area (Å²) in [4.78, 5) is 13.6. The minimum Gasteiger partial charge on any atom is -0.480 e. The Morgan fingerprint density at radius 1 is 1.10 bits per heavy atom. The van der Waals surface area contributed by atoms with Crippen LogP contribution in [-0.2, 0) is 15.0 Å². The van der Waals surface area contributed by atoms with Gasteiger partial charge in [-0.15, -0.1) is 0 Å². The molecule has 0 aliphatic carbocycles. The number of aliphatic carboxylic acids is 1. The lowest BCUT2D eigenvalue weighted by molar-refractivity contribution is -0.142. The zero-order valence-corrected chi connectivity index (χ0v) is 12.9. The number of carbonyl (C=O) groups is 1. The molecule has 7 nitrogen and oxygen atoms in total. The van der Waals surface area contributed by atoms with Gasteiger partial charge in [-0.25, -0.2) is 0 Å². The molecule has 0 amide bonds. The molecule has 4 saturated heterocycles. The summed E-state index contributed by atoms with van der Waals surface area (Å²) in [5.41, 5.74) is 0. The van der Waals surface area contributed by atoms with E-state index in [1.165, 1.54) is 0 Å². The smallest absolute Gasteiger partial charge is 0.322 e. The molecule has 4 aliphatic rings. The van der Waals surface area contributed by atoms with E-state index in [0.29, 0.717) is 18.9 Å². The molecule has 0 aromatic rings. The zero-order valence-electron chi connectivity index (χ0n) is 12.1. The first-order valence-electron chi connectivity index (χ1n) is 7.71. The van der Waals surface area contributed by atoms with Crippen LogP contribution in [-0.4, -0.2) is 67.0 Å². The number of piperidine rings is 4. The lowest BCUT2D eigenvalue weighted by atomic mass is 9.85. The van der Waals surface area contributed by atoms with E-state index in [-0.39, 0.29) is 6.04 Å². The van der Waals surface area contributed by atoms with Gasteiger partial charge >= 0.3 is 5.97 Å². The summed E-state index contributed by atoms with van der Waals surface area (Å²) < 4.78 is 29.1. The fourth-order valence-electron chi connectivity index (χ4n) is 3.80. The highest BCUT2D eigenvalue weighted by Crippen LogP contribution is 2.29. The van der Waals surface area contributed by atoms with Crippen LogP contribution < -0.4 is 4.72 Å². The number of carboxylic acids is 1. The van der Waals surface area contributed by atoms with Gasteiger partial charge in [-0.2, -0.15) is 17.4 Å². The maximum Gasteiger partial charge on any atom is 0.322 e. The molecule has 2 unspecified atom stereocenters. The Morgan fingerprint density at radius 3 is 2.38 bits per heavy atom. The first kappa shape index (κ1) is 15.2. The van der Waals surface area contributed by atoms with E-state index < -0.39 is 22.2 Å². The average molecular weight is 317 g/mol. The summed E-state index contributed by atoms with van der Waals surface area (Å²) in [5, 5.41) is 9.24. The standard InChI is InChI=1S/C13H23N3O4S/c17-13(18)12-3-1-2-6-16(12)21(19,20)14-11-9-15-7-4-10(11)5-8-15/h10-12,14H,1-9H2,(H,17,18). The minimum absolute atomic E-state index is 0.0751. The largest absolute Gasteiger partial charge is 0.480 e. The van der Waals surface area contributed by atoms with Gasteiger partial charge in [0.15, 0.2) is 0 Å². The van der Waals surface area contributed by atoms with Crippen LogP contribution in [0.25, 0.3) is 0 Å². The van der Waals surface area contributed by atoms with Crippen molar-refractivity contribution in [1.82, 2.24) is 13.9 Å². The van der Waals surface area contributed by atoms with Crippen LogP contribution in [0.1, 0.15) is 32.1 Å². The van der Waals surface area contributed by atoms with E-state index in [2.05, 4.69) is 9.62 Å². The Hall–Kier alpha value is -0.700. The van der Waals surface area contributed by atoms with Crippen LogP contribution >= 0.6 is 0 Å². The Balaban J connectivity index is 1.72. The molecule has 120 valence electrons. The van der Waals surface area contributed by atoms with E-state index in [9.17, 15) is 18.3 Å². The fraction of sp³-hybridized carbons (Fsp3) is 0.923. The summed E-state index contributed by atoms with van der Waals surface area (Å²) in [6.45, 7) is 3.14. The van der Waals surface area contributed by atoms with E-state index in [1.54, 1.807) is 0 Å². The van der Waals surface area contributed by atoms with Crippen LogP contribution in [0.3, 0.4) is 0 Å². The van der Waals surface area contributed by atoms with E-state index in [1.807, 2.05) is 0 Å². The van der Waals surface area contributed by atoms with Crippen LogP contribution in [0.2, 0.25) is 0 Å². The molecule has 2 bridgehead atoms. The minimum atomic E-state index is -3.72. The Labute approximate surface area is 125 Å². The summed E-state index contributed by atoms with van der Waals surface area (Å²) in [7, 11) is -3.72. The number of hydrogen-bond acceptors (Lipinski definition) is 4. The van der Waals surface area contributed by atoms with E-state index in [4.69, 9.17) is 0 Å². The van der Waals surface area contributed by atoms with Crippen molar-refractivity contribution < 1.29 is 18.3 Å². The number of nitrogens with one attached hydrogen (secondary N) is 1. The molecule has 4 fully saturated rings. The van der Waals surface area contributed by atoms with Crippen molar-refractivity contribution in [2.45, 2.75) is 44.2 Å². The highest BCUT2D eigenvalue weighted by atomic mass is 32.2. The van der Waals surface area contributed by atoms with Crippen molar-refractivity contribution in [3.63, 3.8) is 0 Å². The number of nitrogens with zero attached hydrogens (tertiary/aromatic N) is 2. The summed E-state index contributed by atoms with van der Waals surface area (Å²) in [6, 6.07) is -0.994. The second-order valence-corrected chi connectivity index (χ2v) is 7.98. The van der Waals surface area contributed by atoms with Gasteiger partial charge < -0.3 is 10.0 Å². The highest BCUT2D eigenvalue weighted by Gasteiger charge is 2.41. The molecule has 0 radical (unpaired) electrons. The number of hydrogen-bond donors (Lipinski definition) is 2. The van der Waals surface area contributed by atoms with E-state index >= 15 is 0 Å². The van der Waals surface area contributed by atoms with E-state index in [0.717, 1.165) is 49.6 Å². The summed E-state index contributed by atoms with van der Waals surface area (Å²) >= 11 is 0. The maximum atomic E-state index is 12.6. The molecule has 21 heavy (non-hydrogen) atoms. The lowest BCUT2D eigenvalue weighted by Crippen LogP contribution is -2.61. The van der Waals surface area contributed by atoms with Crippen molar-refractivity contribution in [1.29, 1.82) is 0 Å². The van der Waals surface area contributed by atoms with Gasteiger partial charge in [0.05, 0.1) is 0 Å². The fourth-order valence-corrected chi connectivity index (χ4v) is 5.48. The molecular weight excluding hydrogens is 294 g/mol. The topological polar surface area (TPSA) is 90.0 Å². The second kappa shape index (κ2) is 5.83. The molecule has 4 aliphatic heterocycles. The Kier molecular flexibility index (Phi) is 4.22. The summed E-state index contributed by atoms with van der Waals surface area (Å²) in [6.07, 6.45) is 3.94. The molecule has 8 heteroatoms. The van der Waals surface area contributed by atoms with Gasteiger partial charge in [0, 0.05) is 19.1 Å². The number of carboxylic acid groups (broad SMARTS) is 1. The SMILES string of the molecule is O=C(O)C1CCCCN1S(=O)(=O)NC1CN2CCC1CC2. The highest BCUT2D eigenvalue weighted by molar-refractivity contribution is 7.87. The predicted molar refractivity (Wildman–Crippen MR) is 77.0 cm³/mol. The molecule has 2 N–H and O–H groups in total. The Bertz CT molecular complexity index is 502. The molecule has 4 heterocycles. The third-order valence-electron chi connectivity index (χ3n) is 5.00. The number of rotatable bonds is 4. The first-order valence-corrected chi connectivity index (χ1v) is 9.15. The molecule has 4 rings (SSSR count). The Morgan fingerprint density at radius 2 is 1.81 bits per heavy atom. The van der Waals surface area contributed by atoms with Crippen molar-refractivity contribution in [3.8, 4) is 0 Å². The quantitative estimate of drug-likeness (QED) is 0.753. The molecular formula is C13H23N3O4S. The maximum absolute atomic E-state index is 12.6. The summed E-state index contributed by atoms with van der Waals surface area (Å²) in [5.74, 6) is -0.660. The van der Waals surface area contributed by atoms with Gasteiger partial charge in [-0.05, 0) is 51.1 Å². The molecule has 0 saturated carbocycles. The molecule has 0 aromatic heterocycles. The van der Waals surface area contributed by atoms with Crippen molar-refractivity contribution in [2.24, 2.45) is 5.92 Å². The van der Waals surface area contributed by atoms with Gasteiger partial charge in [0.25, 0.3) is 10.2 Å².